The zero-order valence-corrected chi connectivity index (χ0v) is 21.6. The number of fused-ring (bicyclic) bond motifs is 1. The molecule has 0 aliphatic heterocycles. The Labute approximate surface area is 219 Å². The minimum atomic E-state index is -0.255. The van der Waals surface area contributed by atoms with Gasteiger partial charge in [-0.3, -0.25) is 13.9 Å². The van der Waals surface area contributed by atoms with Gasteiger partial charge in [0.25, 0.3) is 5.56 Å². The SMILES string of the molecule is CCCc1nc2c(c(=O)n(CC3CC3)c(=O)n2CC)n1Cc1ccc(-c2ccccc2-c2nn[nH]n2)cc1. The summed E-state index contributed by atoms with van der Waals surface area (Å²) in [6, 6.07) is 16.2. The van der Waals surface area contributed by atoms with Crippen LogP contribution in [0.3, 0.4) is 0 Å². The number of aromatic amines is 1. The average Bonchev–Trinajstić information content (AvgIpc) is 3.45. The second-order valence-electron chi connectivity index (χ2n) is 9.90. The van der Waals surface area contributed by atoms with E-state index in [0.29, 0.717) is 42.5 Å². The van der Waals surface area contributed by atoms with Crippen molar-refractivity contribution < 1.29 is 0 Å². The summed E-state index contributed by atoms with van der Waals surface area (Å²) < 4.78 is 5.08. The Balaban J connectivity index is 1.42. The fraction of sp³-hybridized carbons (Fsp3) is 0.357. The van der Waals surface area contributed by atoms with E-state index in [4.69, 9.17) is 4.98 Å². The number of benzene rings is 2. The monoisotopic (exact) mass is 510 g/mol. The largest absolute Gasteiger partial charge is 0.332 e. The molecule has 1 aliphatic carbocycles. The zero-order chi connectivity index (χ0) is 26.2. The van der Waals surface area contributed by atoms with Crippen LogP contribution < -0.4 is 11.2 Å². The predicted molar refractivity (Wildman–Crippen MR) is 145 cm³/mol. The molecule has 10 nitrogen and oxygen atoms in total. The molecule has 1 saturated carbocycles. The highest BCUT2D eigenvalue weighted by molar-refractivity contribution is 5.80. The molecule has 10 heteroatoms. The minimum absolute atomic E-state index is 0.234. The molecule has 1 N–H and O–H groups in total. The second kappa shape index (κ2) is 9.85. The third-order valence-electron chi connectivity index (χ3n) is 7.24. The molecule has 38 heavy (non-hydrogen) atoms. The molecular formula is C28H30N8O2. The maximum absolute atomic E-state index is 13.7. The van der Waals surface area contributed by atoms with Crippen LogP contribution >= 0.6 is 0 Å². The molecule has 5 aromatic rings. The van der Waals surface area contributed by atoms with Crippen molar-refractivity contribution in [1.82, 2.24) is 39.3 Å². The summed E-state index contributed by atoms with van der Waals surface area (Å²) in [7, 11) is 0. The molecule has 1 aliphatic rings. The maximum Gasteiger partial charge on any atom is 0.332 e. The van der Waals surface area contributed by atoms with Crippen molar-refractivity contribution in [1.29, 1.82) is 0 Å². The summed E-state index contributed by atoms with van der Waals surface area (Å²) >= 11 is 0. The van der Waals surface area contributed by atoms with Crippen molar-refractivity contribution in [3.8, 4) is 22.5 Å². The van der Waals surface area contributed by atoms with Crippen molar-refractivity contribution in [3.05, 3.63) is 80.8 Å². The third kappa shape index (κ3) is 4.25. The zero-order valence-electron chi connectivity index (χ0n) is 21.6. The quantitative estimate of drug-likeness (QED) is 0.324. The topological polar surface area (TPSA) is 116 Å². The van der Waals surface area contributed by atoms with Crippen LogP contribution in [-0.2, 0) is 26.1 Å². The van der Waals surface area contributed by atoms with Crippen molar-refractivity contribution in [2.75, 3.05) is 0 Å². The van der Waals surface area contributed by atoms with Crippen LogP contribution in [0.25, 0.3) is 33.7 Å². The highest BCUT2D eigenvalue weighted by Gasteiger charge is 2.26. The summed E-state index contributed by atoms with van der Waals surface area (Å²) in [6.07, 6.45) is 3.75. The first kappa shape index (κ1) is 24.0. The van der Waals surface area contributed by atoms with Crippen LogP contribution in [0.15, 0.2) is 58.1 Å². The number of tetrazole rings is 1. The van der Waals surface area contributed by atoms with Gasteiger partial charge in [-0.2, -0.15) is 5.21 Å². The van der Waals surface area contributed by atoms with Gasteiger partial charge in [0.05, 0.1) is 0 Å². The van der Waals surface area contributed by atoms with Gasteiger partial charge in [0, 0.05) is 31.6 Å². The normalized spacial score (nSPS) is 13.4. The summed E-state index contributed by atoms with van der Waals surface area (Å²) in [5.41, 5.74) is 4.50. The van der Waals surface area contributed by atoms with Gasteiger partial charge in [0.2, 0.25) is 5.82 Å². The second-order valence-corrected chi connectivity index (χ2v) is 9.90. The van der Waals surface area contributed by atoms with Crippen molar-refractivity contribution in [2.24, 2.45) is 5.92 Å². The number of imidazole rings is 1. The molecule has 0 saturated heterocycles. The molecule has 0 radical (unpaired) electrons. The van der Waals surface area contributed by atoms with Crippen LogP contribution in [-0.4, -0.2) is 39.3 Å². The smallest absolute Gasteiger partial charge is 0.318 e. The van der Waals surface area contributed by atoms with Crippen molar-refractivity contribution >= 4 is 11.2 Å². The van der Waals surface area contributed by atoms with Gasteiger partial charge in [-0.1, -0.05) is 55.5 Å². The molecule has 6 rings (SSSR count). The van der Waals surface area contributed by atoms with Gasteiger partial charge >= 0.3 is 5.69 Å². The van der Waals surface area contributed by atoms with Gasteiger partial charge in [-0.05, 0) is 54.0 Å². The van der Waals surface area contributed by atoms with E-state index in [9.17, 15) is 9.59 Å². The highest BCUT2D eigenvalue weighted by Crippen LogP contribution is 2.31. The van der Waals surface area contributed by atoms with Crippen LogP contribution in [0.1, 0.15) is 44.5 Å². The standard InChI is InChI=1S/C28H30N8O2/c1-3-7-23-29-26-24(27(37)36(17-18-10-11-18)28(38)34(26)4-2)35(23)16-19-12-14-20(15-13-19)21-8-5-6-9-22(21)25-30-32-33-31-25/h5-6,8-9,12-15,18H,3-4,7,10-11,16-17H2,1-2H3,(H,30,31,32,33). The van der Waals surface area contributed by atoms with E-state index in [1.165, 1.54) is 4.57 Å². The number of hydrogen-bond donors (Lipinski definition) is 1. The van der Waals surface area contributed by atoms with E-state index in [-0.39, 0.29) is 11.2 Å². The molecule has 1 fully saturated rings. The molecule has 2 aromatic carbocycles. The van der Waals surface area contributed by atoms with Crippen LogP contribution in [0, 0.1) is 5.92 Å². The Morgan fingerprint density at radius 2 is 1.71 bits per heavy atom. The third-order valence-corrected chi connectivity index (χ3v) is 7.24. The molecule has 0 bridgehead atoms. The van der Waals surface area contributed by atoms with E-state index >= 15 is 0 Å². The molecule has 0 amide bonds. The van der Waals surface area contributed by atoms with Gasteiger partial charge in [-0.15, -0.1) is 10.2 Å². The summed E-state index contributed by atoms with van der Waals surface area (Å²) in [5, 5.41) is 14.5. The van der Waals surface area contributed by atoms with Gasteiger partial charge in [0.15, 0.2) is 11.2 Å². The number of nitrogens with zero attached hydrogens (tertiary/aromatic N) is 7. The lowest BCUT2D eigenvalue weighted by molar-refractivity contribution is 0.543. The number of aryl methyl sites for hydroxylation is 2. The van der Waals surface area contributed by atoms with Crippen molar-refractivity contribution in [3.63, 3.8) is 0 Å². The number of hydrogen-bond acceptors (Lipinski definition) is 6. The van der Waals surface area contributed by atoms with Crippen molar-refractivity contribution in [2.45, 2.75) is 59.2 Å². The Morgan fingerprint density at radius 3 is 2.37 bits per heavy atom. The fourth-order valence-corrected chi connectivity index (χ4v) is 5.10. The molecule has 0 atom stereocenters. The summed E-state index contributed by atoms with van der Waals surface area (Å²) in [4.78, 5) is 31.7. The van der Waals surface area contributed by atoms with Crippen LogP contribution in [0.4, 0.5) is 0 Å². The first-order valence-electron chi connectivity index (χ1n) is 13.2. The number of nitrogens with one attached hydrogen (secondary N) is 1. The van der Waals surface area contributed by atoms with E-state index in [1.807, 2.05) is 35.8 Å². The predicted octanol–water partition coefficient (Wildman–Crippen LogP) is 3.64. The summed E-state index contributed by atoms with van der Waals surface area (Å²) in [5.74, 6) is 1.79. The van der Waals surface area contributed by atoms with E-state index < -0.39 is 0 Å². The van der Waals surface area contributed by atoms with Gasteiger partial charge < -0.3 is 4.57 Å². The summed E-state index contributed by atoms with van der Waals surface area (Å²) in [6.45, 7) is 5.47. The lowest BCUT2D eigenvalue weighted by Gasteiger charge is -2.13. The lowest BCUT2D eigenvalue weighted by atomic mass is 9.98. The lowest BCUT2D eigenvalue weighted by Crippen LogP contribution is -2.41. The highest BCUT2D eigenvalue weighted by atomic mass is 16.2. The fourth-order valence-electron chi connectivity index (χ4n) is 5.10. The molecular weight excluding hydrogens is 480 g/mol. The first-order valence-corrected chi connectivity index (χ1v) is 13.2. The number of rotatable bonds is 9. The molecule has 0 spiro atoms. The first-order chi connectivity index (χ1) is 18.6. The van der Waals surface area contributed by atoms with Crippen LogP contribution in [0.5, 0.6) is 0 Å². The molecule has 3 heterocycles. The Bertz CT molecular complexity index is 1710. The van der Waals surface area contributed by atoms with E-state index in [1.54, 1.807) is 4.57 Å². The van der Waals surface area contributed by atoms with Gasteiger partial charge in [-0.25, -0.2) is 9.78 Å². The average molecular weight is 511 g/mol. The molecule has 194 valence electrons. The molecule has 3 aromatic heterocycles. The van der Waals surface area contributed by atoms with Gasteiger partial charge in [0.1, 0.15) is 5.82 Å². The Kier molecular flexibility index (Phi) is 6.22. The Morgan fingerprint density at radius 1 is 0.947 bits per heavy atom. The minimum Gasteiger partial charge on any atom is -0.318 e. The Hall–Kier alpha value is -4.34. The number of H-pyrrole nitrogens is 1. The van der Waals surface area contributed by atoms with E-state index in [0.717, 1.165) is 53.8 Å². The number of aromatic nitrogens is 8. The van der Waals surface area contributed by atoms with Crippen LogP contribution in [0.2, 0.25) is 0 Å². The maximum atomic E-state index is 13.7. The molecule has 0 unspecified atom stereocenters. The van der Waals surface area contributed by atoms with E-state index in [2.05, 4.69) is 51.8 Å².